The van der Waals surface area contributed by atoms with Crippen molar-refractivity contribution in [3.05, 3.63) is 53.9 Å². The molecule has 2 aromatic rings. The third-order valence-electron chi connectivity index (χ3n) is 3.10. The van der Waals surface area contributed by atoms with Crippen molar-refractivity contribution in [1.82, 2.24) is 10.3 Å². The highest BCUT2D eigenvalue weighted by molar-refractivity contribution is 6.05. The molecule has 0 atom stereocenters. The maximum atomic E-state index is 12.3. The van der Waals surface area contributed by atoms with Crippen LogP contribution >= 0.6 is 0 Å². The number of ether oxygens (including phenoxy) is 1. The number of hydrogen-bond acceptors (Lipinski definition) is 4. The average molecular weight is 327 g/mol. The number of nitrogens with one attached hydrogen (secondary N) is 2. The van der Waals surface area contributed by atoms with E-state index in [9.17, 15) is 9.59 Å². The van der Waals surface area contributed by atoms with E-state index in [2.05, 4.69) is 15.6 Å². The first kappa shape index (κ1) is 17.5. The van der Waals surface area contributed by atoms with Crippen molar-refractivity contribution in [1.29, 1.82) is 0 Å². The lowest BCUT2D eigenvalue weighted by molar-refractivity contribution is 0.0919. The van der Waals surface area contributed by atoms with Crippen LogP contribution in [-0.2, 0) is 0 Å². The van der Waals surface area contributed by atoms with Crippen molar-refractivity contribution in [3.8, 4) is 5.75 Å². The minimum Gasteiger partial charge on any atom is -0.497 e. The van der Waals surface area contributed by atoms with Crippen LogP contribution in [0.3, 0.4) is 0 Å². The van der Waals surface area contributed by atoms with Crippen LogP contribution in [0.2, 0.25) is 0 Å². The summed E-state index contributed by atoms with van der Waals surface area (Å²) in [6, 6.07) is 8.50. The van der Waals surface area contributed by atoms with Crippen LogP contribution in [0.1, 0.15) is 41.5 Å². The molecule has 2 rings (SSSR count). The molecule has 0 aliphatic rings. The van der Waals surface area contributed by atoms with Gasteiger partial charge in [0.25, 0.3) is 11.8 Å². The van der Waals surface area contributed by atoms with E-state index in [1.54, 1.807) is 31.4 Å². The molecule has 2 amide bonds. The van der Waals surface area contributed by atoms with E-state index in [1.165, 1.54) is 18.5 Å². The highest BCUT2D eigenvalue weighted by atomic mass is 16.5. The van der Waals surface area contributed by atoms with E-state index in [4.69, 9.17) is 4.74 Å². The Kier molecular flexibility index (Phi) is 5.18. The number of pyridine rings is 1. The summed E-state index contributed by atoms with van der Waals surface area (Å²) in [5, 5.41) is 5.60. The lowest BCUT2D eigenvalue weighted by Gasteiger charge is -2.20. The van der Waals surface area contributed by atoms with E-state index in [1.807, 2.05) is 20.8 Å². The van der Waals surface area contributed by atoms with Gasteiger partial charge in [-0.05, 0) is 51.1 Å². The summed E-state index contributed by atoms with van der Waals surface area (Å²) in [6.07, 6.45) is 2.86. The summed E-state index contributed by atoms with van der Waals surface area (Å²) in [7, 11) is 1.58. The number of anilines is 1. The first-order chi connectivity index (χ1) is 11.3. The normalized spacial score (nSPS) is 10.8. The van der Waals surface area contributed by atoms with Gasteiger partial charge in [0.05, 0.1) is 18.2 Å². The molecule has 1 aromatic heterocycles. The second-order valence-electron chi connectivity index (χ2n) is 6.35. The fourth-order valence-corrected chi connectivity index (χ4v) is 1.98. The Hall–Kier alpha value is -2.89. The number of aromatic nitrogens is 1. The summed E-state index contributed by atoms with van der Waals surface area (Å²) in [6.45, 7) is 5.66. The molecule has 1 heterocycles. The number of rotatable bonds is 4. The molecule has 0 saturated heterocycles. The van der Waals surface area contributed by atoms with Crippen LogP contribution in [0.4, 0.5) is 5.69 Å². The first-order valence-corrected chi connectivity index (χ1v) is 7.51. The lowest BCUT2D eigenvalue weighted by atomic mass is 10.1. The Bertz CT molecular complexity index is 734. The van der Waals surface area contributed by atoms with Gasteiger partial charge in [0.1, 0.15) is 5.75 Å². The number of carbonyl (C=O) groups is 2. The lowest BCUT2D eigenvalue weighted by Crippen LogP contribution is -2.40. The molecule has 0 bridgehead atoms. The SMILES string of the molecule is COc1ccc(NC(=O)c2cncc(C(=O)NC(C)(C)C)c2)cc1. The largest absolute Gasteiger partial charge is 0.497 e. The van der Waals surface area contributed by atoms with Gasteiger partial charge in [-0.25, -0.2) is 0 Å². The molecule has 1 aromatic carbocycles. The molecule has 0 fully saturated rings. The van der Waals surface area contributed by atoms with Crippen molar-refractivity contribution in [2.24, 2.45) is 0 Å². The fourth-order valence-electron chi connectivity index (χ4n) is 1.98. The van der Waals surface area contributed by atoms with E-state index in [0.29, 0.717) is 22.6 Å². The number of benzene rings is 1. The number of nitrogens with zero attached hydrogens (tertiary/aromatic N) is 1. The molecule has 2 N–H and O–H groups in total. The second kappa shape index (κ2) is 7.12. The number of amides is 2. The minimum absolute atomic E-state index is 0.269. The van der Waals surface area contributed by atoms with Crippen LogP contribution in [0.15, 0.2) is 42.7 Å². The standard InChI is InChI=1S/C18H21N3O3/c1-18(2,3)21-17(23)13-9-12(10-19-11-13)16(22)20-14-5-7-15(24-4)8-6-14/h5-11H,1-4H3,(H,20,22)(H,21,23). The molecule has 0 aliphatic heterocycles. The van der Waals surface area contributed by atoms with Crippen molar-refractivity contribution >= 4 is 17.5 Å². The third-order valence-corrected chi connectivity index (χ3v) is 3.10. The van der Waals surface area contributed by atoms with Crippen LogP contribution in [0.25, 0.3) is 0 Å². The zero-order chi connectivity index (χ0) is 17.7. The van der Waals surface area contributed by atoms with Gasteiger partial charge in [0, 0.05) is 23.6 Å². The predicted octanol–water partition coefficient (Wildman–Crippen LogP) is 2.87. The van der Waals surface area contributed by atoms with Gasteiger partial charge in [-0.3, -0.25) is 14.6 Å². The third kappa shape index (κ3) is 4.81. The highest BCUT2D eigenvalue weighted by Crippen LogP contribution is 2.16. The molecular weight excluding hydrogens is 306 g/mol. The van der Waals surface area contributed by atoms with Crippen LogP contribution in [0, 0.1) is 0 Å². The summed E-state index contributed by atoms with van der Waals surface area (Å²) in [5.74, 6) is 0.0997. The van der Waals surface area contributed by atoms with Crippen LogP contribution in [0.5, 0.6) is 5.75 Å². The molecule has 0 saturated carbocycles. The van der Waals surface area contributed by atoms with Gasteiger partial charge in [-0.2, -0.15) is 0 Å². The smallest absolute Gasteiger partial charge is 0.257 e. The molecule has 126 valence electrons. The van der Waals surface area contributed by atoms with E-state index in [0.717, 1.165) is 0 Å². The summed E-state index contributed by atoms with van der Waals surface area (Å²) >= 11 is 0. The Labute approximate surface area is 141 Å². The monoisotopic (exact) mass is 327 g/mol. The highest BCUT2D eigenvalue weighted by Gasteiger charge is 2.17. The van der Waals surface area contributed by atoms with Gasteiger partial charge >= 0.3 is 0 Å². The van der Waals surface area contributed by atoms with Crippen LogP contribution < -0.4 is 15.4 Å². The molecular formula is C18H21N3O3. The van der Waals surface area contributed by atoms with Gasteiger partial charge < -0.3 is 15.4 Å². The van der Waals surface area contributed by atoms with Gasteiger partial charge in [0.15, 0.2) is 0 Å². The maximum Gasteiger partial charge on any atom is 0.257 e. The number of hydrogen-bond donors (Lipinski definition) is 2. The number of methoxy groups -OCH3 is 1. The Balaban J connectivity index is 2.12. The molecule has 0 spiro atoms. The average Bonchev–Trinajstić information content (AvgIpc) is 2.54. The van der Waals surface area contributed by atoms with Gasteiger partial charge in [-0.15, -0.1) is 0 Å². The topological polar surface area (TPSA) is 80.3 Å². The van der Waals surface area contributed by atoms with E-state index >= 15 is 0 Å². The molecule has 0 aliphatic carbocycles. The second-order valence-corrected chi connectivity index (χ2v) is 6.35. The molecule has 0 unspecified atom stereocenters. The molecule has 6 heteroatoms. The minimum atomic E-state index is -0.363. The van der Waals surface area contributed by atoms with Crippen molar-refractivity contribution in [3.63, 3.8) is 0 Å². The Morgan fingerprint density at radius 3 is 2.12 bits per heavy atom. The zero-order valence-electron chi connectivity index (χ0n) is 14.2. The summed E-state index contributed by atoms with van der Waals surface area (Å²) in [5.41, 5.74) is 0.920. The van der Waals surface area contributed by atoms with E-state index < -0.39 is 0 Å². The van der Waals surface area contributed by atoms with Crippen molar-refractivity contribution in [2.75, 3.05) is 12.4 Å². The van der Waals surface area contributed by atoms with Gasteiger partial charge in [0.2, 0.25) is 0 Å². The Morgan fingerprint density at radius 1 is 1.00 bits per heavy atom. The zero-order valence-corrected chi connectivity index (χ0v) is 14.2. The predicted molar refractivity (Wildman–Crippen MR) is 92.4 cm³/mol. The van der Waals surface area contributed by atoms with E-state index in [-0.39, 0.29) is 17.4 Å². The molecule has 6 nitrogen and oxygen atoms in total. The Morgan fingerprint density at radius 2 is 1.58 bits per heavy atom. The summed E-state index contributed by atoms with van der Waals surface area (Å²) in [4.78, 5) is 28.5. The quantitative estimate of drug-likeness (QED) is 0.905. The van der Waals surface area contributed by atoms with Gasteiger partial charge in [-0.1, -0.05) is 0 Å². The summed E-state index contributed by atoms with van der Waals surface area (Å²) < 4.78 is 5.07. The molecule has 0 radical (unpaired) electrons. The fraction of sp³-hybridized carbons (Fsp3) is 0.278. The molecule has 24 heavy (non-hydrogen) atoms. The van der Waals surface area contributed by atoms with Crippen molar-refractivity contribution < 1.29 is 14.3 Å². The maximum absolute atomic E-state index is 12.3. The number of carbonyl (C=O) groups excluding carboxylic acids is 2. The van der Waals surface area contributed by atoms with Crippen LogP contribution in [-0.4, -0.2) is 29.4 Å². The first-order valence-electron chi connectivity index (χ1n) is 7.51. The van der Waals surface area contributed by atoms with Crippen molar-refractivity contribution in [2.45, 2.75) is 26.3 Å².